The number of carboxylic acids is 1. The molecule has 3 atom stereocenters. The van der Waals surface area contributed by atoms with Crippen LogP contribution < -0.4 is 10.6 Å². The van der Waals surface area contributed by atoms with Crippen LogP contribution in [0.15, 0.2) is 24.3 Å². The first-order valence-corrected chi connectivity index (χ1v) is 11.6. The zero-order valence-corrected chi connectivity index (χ0v) is 19.5. The van der Waals surface area contributed by atoms with Gasteiger partial charge in [0.2, 0.25) is 11.8 Å². The molecule has 0 spiro atoms. The molecule has 1 heterocycles. The Morgan fingerprint density at radius 3 is 2.69 bits per heavy atom. The van der Waals surface area contributed by atoms with Gasteiger partial charge in [0, 0.05) is 30.9 Å². The highest BCUT2D eigenvalue weighted by molar-refractivity contribution is 8.01. The number of carboxylic acid groups (broad SMARTS) is 1. The summed E-state index contributed by atoms with van der Waals surface area (Å²) in [6, 6.07) is 9.09. The Morgan fingerprint density at radius 1 is 1.34 bits per heavy atom. The second kappa shape index (κ2) is 12.3. The molecule has 0 radical (unpaired) electrons. The van der Waals surface area contributed by atoms with Crippen LogP contribution in [0, 0.1) is 17.2 Å². The first-order valence-electron chi connectivity index (χ1n) is 10.7. The number of nitrogens with one attached hydrogen (secondary N) is 2. The number of hydrogen-bond acceptors (Lipinski definition) is 7. The summed E-state index contributed by atoms with van der Waals surface area (Å²) in [5.41, 5.74) is 1.44. The fourth-order valence-electron chi connectivity index (χ4n) is 3.56. The molecule has 2 amide bonds. The largest absolute Gasteiger partial charge is 0.480 e. The van der Waals surface area contributed by atoms with Crippen molar-refractivity contribution >= 4 is 40.9 Å². The number of hydrogen-bond donors (Lipinski definition) is 3. The number of carbonyl (C=O) groups is 3. The third-order valence-corrected chi connectivity index (χ3v) is 6.57. The van der Waals surface area contributed by atoms with Gasteiger partial charge in [0.05, 0.1) is 18.0 Å². The van der Waals surface area contributed by atoms with Gasteiger partial charge in [-0.25, -0.2) is 0 Å². The fourth-order valence-corrected chi connectivity index (χ4v) is 5.07. The van der Waals surface area contributed by atoms with Crippen molar-refractivity contribution in [3.63, 3.8) is 0 Å². The van der Waals surface area contributed by atoms with Crippen molar-refractivity contribution in [3.8, 4) is 6.07 Å². The molecule has 1 saturated heterocycles. The smallest absolute Gasteiger partial charge is 0.321 e. The summed E-state index contributed by atoms with van der Waals surface area (Å²) in [5.74, 6) is -2.47. The number of likely N-dealkylation sites (N-methyl/N-ethyl adjacent to an activating group) is 1. The maximum atomic E-state index is 12.7. The lowest BCUT2D eigenvalue weighted by molar-refractivity contribution is -0.141. The number of nitrogens with zero attached hydrogens (tertiary/aromatic N) is 3. The van der Waals surface area contributed by atoms with Crippen molar-refractivity contribution in [2.24, 2.45) is 5.92 Å². The second-order valence-electron chi connectivity index (χ2n) is 7.71. The van der Waals surface area contributed by atoms with Crippen molar-refractivity contribution in [2.45, 2.75) is 37.3 Å². The van der Waals surface area contributed by atoms with Gasteiger partial charge in [0.25, 0.3) is 0 Å². The van der Waals surface area contributed by atoms with E-state index in [1.165, 1.54) is 11.8 Å². The zero-order chi connectivity index (χ0) is 23.7. The topological polar surface area (TPSA) is 126 Å². The lowest BCUT2D eigenvalue weighted by Gasteiger charge is -2.22. The SMILES string of the molecule is CCCN(C)CC(=O)Nc1cccc(NCC2SC(CC(C#N)C(=O)O)N(CC)C2=O)c1. The maximum absolute atomic E-state index is 12.7. The van der Waals surface area contributed by atoms with Crippen LogP contribution >= 0.6 is 11.8 Å². The van der Waals surface area contributed by atoms with E-state index in [0.717, 1.165) is 18.7 Å². The van der Waals surface area contributed by atoms with E-state index in [1.54, 1.807) is 17.0 Å². The number of aliphatic carboxylic acids is 1. The molecule has 10 heteroatoms. The van der Waals surface area contributed by atoms with Gasteiger partial charge in [-0.15, -0.1) is 11.8 Å². The van der Waals surface area contributed by atoms with E-state index in [1.807, 2.05) is 37.1 Å². The fraction of sp³-hybridized carbons (Fsp3) is 0.545. The first kappa shape index (κ1) is 25.5. The highest BCUT2D eigenvalue weighted by atomic mass is 32.2. The Bertz CT molecular complexity index is 859. The molecular formula is C22H31N5O4S. The van der Waals surface area contributed by atoms with E-state index in [9.17, 15) is 14.4 Å². The van der Waals surface area contributed by atoms with Crippen molar-refractivity contribution in [1.82, 2.24) is 9.80 Å². The van der Waals surface area contributed by atoms with Gasteiger partial charge in [0.15, 0.2) is 0 Å². The normalized spacial score (nSPS) is 19.0. The first-order chi connectivity index (χ1) is 15.3. The molecule has 32 heavy (non-hydrogen) atoms. The average Bonchev–Trinajstić information content (AvgIpc) is 3.04. The standard InChI is InChI=1S/C22H31N5O4S/c1-4-9-26(3)14-19(28)25-17-8-6-7-16(11-17)24-13-18-21(29)27(5-2)20(32-18)10-15(12-23)22(30)31/h6-8,11,15,18,20,24H,4-5,9-10,13-14H2,1-3H3,(H,25,28)(H,30,31). The van der Waals surface area contributed by atoms with Crippen molar-refractivity contribution in [3.05, 3.63) is 24.3 Å². The number of carbonyl (C=O) groups excluding carboxylic acids is 2. The monoisotopic (exact) mass is 461 g/mol. The molecule has 174 valence electrons. The van der Waals surface area contributed by atoms with Crippen LogP contribution in [-0.2, 0) is 14.4 Å². The Balaban J connectivity index is 1.94. The van der Waals surface area contributed by atoms with Crippen molar-refractivity contribution in [1.29, 1.82) is 5.26 Å². The Labute approximate surface area is 193 Å². The molecule has 1 aliphatic heterocycles. The summed E-state index contributed by atoms with van der Waals surface area (Å²) >= 11 is 1.38. The third kappa shape index (κ3) is 7.14. The van der Waals surface area contributed by atoms with Gasteiger partial charge in [0.1, 0.15) is 11.2 Å². The average molecular weight is 462 g/mol. The molecular weight excluding hydrogens is 430 g/mol. The molecule has 0 saturated carbocycles. The summed E-state index contributed by atoms with van der Waals surface area (Å²) < 4.78 is 0. The summed E-state index contributed by atoms with van der Waals surface area (Å²) in [6.07, 6.45) is 1.07. The van der Waals surface area contributed by atoms with E-state index < -0.39 is 11.9 Å². The molecule has 0 aromatic heterocycles. The number of thioether (sulfide) groups is 1. The van der Waals surface area contributed by atoms with Gasteiger partial charge in [-0.3, -0.25) is 19.3 Å². The van der Waals surface area contributed by atoms with E-state index >= 15 is 0 Å². The number of amides is 2. The zero-order valence-electron chi connectivity index (χ0n) is 18.7. The summed E-state index contributed by atoms with van der Waals surface area (Å²) in [6.45, 7) is 5.88. The molecule has 1 aromatic carbocycles. The minimum absolute atomic E-state index is 0.0690. The van der Waals surface area contributed by atoms with Crippen LogP contribution in [0.3, 0.4) is 0 Å². The molecule has 3 unspecified atom stereocenters. The van der Waals surface area contributed by atoms with Crippen molar-refractivity contribution < 1.29 is 19.5 Å². The minimum Gasteiger partial charge on any atom is -0.480 e. The lowest BCUT2D eigenvalue weighted by Crippen LogP contribution is -2.37. The summed E-state index contributed by atoms with van der Waals surface area (Å²) in [5, 5.41) is 23.6. The quantitative estimate of drug-likeness (QED) is 0.433. The molecule has 3 N–H and O–H groups in total. The Morgan fingerprint density at radius 2 is 2.06 bits per heavy atom. The predicted octanol–water partition coefficient (Wildman–Crippen LogP) is 2.28. The molecule has 2 rings (SSSR count). The van der Waals surface area contributed by atoms with E-state index in [0.29, 0.717) is 25.3 Å². The van der Waals surface area contributed by atoms with Crippen LogP contribution in [0.4, 0.5) is 11.4 Å². The van der Waals surface area contributed by atoms with E-state index in [2.05, 4.69) is 17.6 Å². The molecule has 1 aromatic rings. The van der Waals surface area contributed by atoms with Crippen LogP contribution in [0.25, 0.3) is 0 Å². The highest BCUT2D eigenvalue weighted by Crippen LogP contribution is 2.35. The third-order valence-electron chi connectivity index (χ3n) is 5.12. The highest BCUT2D eigenvalue weighted by Gasteiger charge is 2.41. The predicted molar refractivity (Wildman–Crippen MR) is 125 cm³/mol. The minimum atomic E-state index is -1.17. The van der Waals surface area contributed by atoms with E-state index in [4.69, 9.17) is 10.4 Å². The van der Waals surface area contributed by atoms with Crippen LogP contribution in [0.5, 0.6) is 0 Å². The molecule has 9 nitrogen and oxygen atoms in total. The van der Waals surface area contributed by atoms with Gasteiger partial charge in [-0.1, -0.05) is 13.0 Å². The Hall–Kier alpha value is -2.77. The second-order valence-corrected chi connectivity index (χ2v) is 9.09. The van der Waals surface area contributed by atoms with Gasteiger partial charge < -0.3 is 20.6 Å². The van der Waals surface area contributed by atoms with Crippen LogP contribution in [0.1, 0.15) is 26.7 Å². The molecule has 0 aliphatic carbocycles. The summed E-state index contributed by atoms with van der Waals surface area (Å²) in [7, 11) is 1.90. The number of benzene rings is 1. The number of nitriles is 1. The molecule has 1 fully saturated rings. The van der Waals surface area contributed by atoms with Gasteiger partial charge >= 0.3 is 5.97 Å². The molecule has 1 aliphatic rings. The number of rotatable bonds is 12. The maximum Gasteiger partial charge on any atom is 0.321 e. The Kier molecular flexibility index (Phi) is 9.81. The van der Waals surface area contributed by atoms with Crippen LogP contribution in [-0.4, -0.2) is 76.5 Å². The number of anilines is 2. The van der Waals surface area contributed by atoms with Crippen LogP contribution in [0.2, 0.25) is 0 Å². The van der Waals surface area contributed by atoms with Gasteiger partial charge in [-0.2, -0.15) is 5.26 Å². The van der Waals surface area contributed by atoms with Crippen molar-refractivity contribution in [2.75, 3.05) is 43.9 Å². The molecule has 0 bridgehead atoms. The van der Waals surface area contributed by atoms with Gasteiger partial charge in [-0.05, 0) is 45.1 Å². The lowest BCUT2D eigenvalue weighted by atomic mass is 10.1. The van der Waals surface area contributed by atoms with E-state index in [-0.39, 0.29) is 28.9 Å². The summed E-state index contributed by atoms with van der Waals surface area (Å²) in [4.78, 5) is 39.7.